The van der Waals surface area contributed by atoms with Gasteiger partial charge < -0.3 is 10.1 Å². The van der Waals surface area contributed by atoms with Crippen LogP contribution < -0.4 is 10.8 Å². The van der Waals surface area contributed by atoms with Gasteiger partial charge in [-0.1, -0.05) is 6.92 Å². The number of aromatic nitrogens is 2. The summed E-state index contributed by atoms with van der Waals surface area (Å²) in [6.07, 6.45) is -1.70. The van der Waals surface area contributed by atoms with E-state index < -0.39 is 36.8 Å². The molecular weight excluding hydrogens is 429 g/mol. The smallest absolute Gasteiger partial charge is 0.369 e. The van der Waals surface area contributed by atoms with E-state index in [9.17, 15) is 22.8 Å². The van der Waals surface area contributed by atoms with Crippen LogP contribution in [0.4, 0.5) is 19.0 Å². The molecule has 2 atom stereocenters. The Bertz CT molecular complexity index is 940. The average Bonchev–Trinajstić information content (AvgIpc) is 2.70. The monoisotopic (exact) mass is 454 g/mol. The maximum Gasteiger partial charge on any atom is 0.411 e. The molecule has 2 aromatic heterocycles. The van der Waals surface area contributed by atoms with E-state index in [4.69, 9.17) is 9.57 Å². The second kappa shape index (κ2) is 10.5. The first-order valence-electron chi connectivity index (χ1n) is 9.68. The minimum atomic E-state index is -4.52. The van der Waals surface area contributed by atoms with Crippen molar-refractivity contribution in [2.24, 2.45) is 0 Å². The minimum Gasteiger partial charge on any atom is -0.369 e. The van der Waals surface area contributed by atoms with Crippen LogP contribution in [0.25, 0.3) is 0 Å². The van der Waals surface area contributed by atoms with E-state index >= 15 is 0 Å². The number of carbonyl (C=O) groups is 2. The van der Waals surface area contributed by atoms with Gasteiger partial charge in [0, 0.05) is 30.9 Å². The zero-order chi connectivity index (χ0) is 23.9. The summed E-state index contributed by atoms with van der Waals surface area (Å²) in [5.74, 6) is -1.22. The van der Waals surface area contributed by atoms with E-state index in [0.29, 0.717) is 11.3 Å². The fraction of sp³-hybridized carbons (Fsp3) is 0.429. The number of nitrogens with one attached hydrogen (secondary N) is 2. The number of amides is 2. The number of rotatable bonds is 9. The lowest BCUT2D eigenvalue weighted by Gasteiger charge is -2.35. The first-order chi connectivity index (χ1) is 14.9. The molecule has 2 amide bonds. The van der Waals surface area contributed by atoms with Gasteiger partial charge >= 0.3 is 6.18 Å². The maximum atomic E-state index is 12.6. The van der Waals surface area contributed by atoms with Crippen LogP contribution in [0.3, 0.4) is 0 Å². The Morgan fingerprint density at radius 1 is 1.22 bits per heavy atom. The lowest BCUT2D eigenvalue weighted by Crippen LogP contribution is -2.46. The molecule has 8 nitrogen and oxygen atoms in total. The molecule has 2 N–H and O–H groups in total. The molecule has 0 saturated carbocycles. The van der Waals surface area contributed by atoms with Gasteiger partial charge in [-0.2, -0.15) is 13.2 Å². The van der Waals surface area contributed by atoms with Gasteiger partial charge in [0.1, 0.15) is 18.0 Å². The summed E-state index contributed by atoms with van der Waals surface area (Å²) in [6, 6.07) is 6.38. The highest BCUT2D eigenvalue weighted by Gasteiger charge is 2.38. The number of hydrogen-bond acceptors (Lipinski definition) is 6. The lowest BCUT2D eigenvalue weighted by molar-refractivity contribution is -0.198. The van der Waals surface area contributed by atoms with Gasteiger partial charge in [0.05, 0.1) is 12.2 Å². The number of anilines is 1. The van der Waals surface area contributed by atoms with E-state index in [2.05, 4.69) is 20.8 Å². The molecule has 174 valence electrons. The highest BCUT2D eigenvalue weighted by Crippen LogP contribution is 2.33. The Balaban J connectivity index is 2.27. The van der Waals surface area contributed by atoms with Crippen molar-refractivity contribution in [3.8, 4) is 0 Å². The van der Waals surface area contributed by atoms with Crippen LogP contribution in [0.1, 0.15) is 48.3 Å². The fourth-order valence-corrected chi connectivity index (χ4v) is 2.87. The first kappa shape index (κ1) is 25.2. The van der Waals surface area contributed by atoms with Crippen LogP contribution >= 0.6 is 0 Å². The van der Waals surface area contributed by atoms with Crippen molar-refractivity contribution >= 4 is 17.6 Å². The summed E-state index contributed by atoms with van der Waals surface area (Å²) in [6.45, 7) is 4.33. The SMILES string of the molecule is CC(=O)Nc1cc(C(C)C(C)(COCC(F)(F)F)ONC(=O)c2cccnc2)cc(C)n1. The van der Waals surface area contributed by atoms with E-state index in [1.165, 1.54) is 32.3 Å². The Morgan fingerprint density at radius 3 is 2.53 bits per heavy atom. The molecule has 32 heavy (non-hydrogen) atoms. The standard InChI is InChI=1S/C21H25F3N4O4/c1-13-8-17(9-18(26-13)27-15(3)29)14(2)20(4,11-31-12-21(22,23)24)32-28-19(30)16-6-5-7-25-10-16/h5-10,14H,11-12H2,1-4H3,(H,28,30)(H,26,27,29). The van der Waals surface area contributed by atoms with Crippen molar-refractivity contribution in [3.63, 3.8) is 0 Å². The molecule has 0 radical (unpaired) electrons. The van der Waals surface area contributed by atoms with Crippen LogP contribution in [0.5, 0.6) is 0 Å². The van der Waals surface area contributed by atoms with Gasteiger partial charge in [-0.3, -0.25) is 19.4 Å². The van der Waals surface area contributed by atoms with E-state index in [-0.39, 0.29) is 17.3 Å². The molecular formula is C21H25F3N4O4. The second-order valence-corrected chi connectivity index (χ2v) is 7.53. The van der Waals surface area contributed by atoms with Crippen molar-refractivity contribution in [1.29, 1.82) is 0 Å². The van der Waals surface area contributed by atoms with Gasteiger partial charge in [-0.15, -0.1) is 0 Å². The number of nitrogens with zero attached hydrogens (tertiary/aromatic N) is 2. The third-order valence-corrected chi connectivity index (χ3v) is 4.65. The topological polar surface area (TPSA) is 102 Å². The van der Waals surface area contributed by atoms with Gasteiger partial charge in [0.25, 0.3) is 5.91 Å². The van der Waals surface area contributed by atoms with Gasteiger partial charge in [-0.05, 0) is 43.7 Å². The quantitative estimate of drug-likeness (QED) is 0.562. The van der Waals surface area contributed by atoms with Crippen LogP contribution in [0.15, 0.2) is 36.7 Å². The van der Waals surface area contributed by atoms with Crippen molar-refractivity contribution in [2.75, 3.05) is 18.5 Å². The van der Waals surface area contributed by atoms with Gasteiger partial charge in [0.15, 0.2) is 0 Å². The van der Waals surface area contributed by atoms with Crippen molar-refractivity contribution < 1.29 is 32.3 Å². The number of alkyl halides is 3. The van der Waals surface area contributed by atoms with Crippen LogP contribution in [0.2, 0.25) is 0 Å². The molecule has 0 spiro atoms. The zero-order valence-electron chi connectivity index (χ0n) is 18.1. The number of hydroxylamine groups is 1. The zero-order valence-corrected chi connectivity index (χ0v) is 18.1. The molecule has 11 heteroatoms. The van der Waals surface area contributed by atoms with Gasteiger partial charge in [-0.25, -0.2) is 10.5 Å². The minimum absolute atomic E-state index is 0.214. The number of halogens is 3. The predicted octanol–water partition coefficient (Wildman–Crippen LogP) is 3.55. The lowest BCUT2D eigenvalue weighted by atomic mass is 9.85. The Hall–Kier alpha value is -3.05. The largest absolute Gasteiger partial charge is 0.411 e. The van der Waals surface area contributed by atoms with E-state index in [1.54, 1.807) is 32.0 Å². The highest BCUT2D eigenvalue weighted by molar-refractivity contribution is 5.93. The molecule has 0 aliphatic carbocycles. The molecule has 0 aliphatic rings. The number of hydrogen-bond donors (Lipinski definition) is 2. The molecule has 0 aromatic carbocycles. The molecule has 0 saturated heterocycles. The van der Waals surface area contributed by atoms with E-state index in [1.807, 2.05) is 0 Å². The van der Waals surface area contributed by atoms with Crippen LogP contribution in [0, 0.1) is 6.92 Å². The summed E-state index contributed by atoms with van der Waals surface area (Å²) in [7, 11) is 0. The summed E-state index contributed by atoms with van der Waals surface area (Å²) < 4.78 is 42.7. The summed E-state index contributed by atoms with van der Waals surface area (Å²) in [5.41, 5.74) is 2.29. The predicted molar refractivity (Wildman–Crippen MR) is 110 cm³/mol. The number of pyridine rings is 2. The number of aryl methyl sites for hydroxylation is 1. The molecule has 2 unspecified atom stereocenters. The normalized spacial score (nSPS) is 14.3. The average molecular weight is 454 g/mol. The van der Waals surface area contributed by atoms with Crippen LogP contribution in [-0.4, -0.2) is 46.8 Å². The molecule has 2 rings (SSSR count). The number of carbonyl (C=O) groups excluding carboxylic acids is 2. The third kappa shape index (κ3) is 7.57. The van der Waals surface area contributed by atoms with Crippen LogP contribution in [-0.2, 0) is 14.4 Å². The summed E-state index contributed by atoms with van der Waals surface area (Å²) in [4.78, 5) is 37.4. The van der Waals surface area contributed by atoms with Crippen molar-refractivity contribution in [2.45, 2.75) is 45.4 Å². The third-order valence-electron chi connectivity index (χ3n) is 4.65. The number of ether oxygens (including phenoxy) is 1. The Morgan fingerprint density at radius 2 is 1.94 bits per heavy atom. The molecule has 0 fully saturated rings. The Kier molecular flexibility index (Phi) is 8.28. The van der Waals surface area contributed by atoms with Crippen molar-refractivity contribution in [1.82, 2.24) is 15.4 Å². The van der Waals surface area contributed by atoms with E-state index in [0.717, 1.165) is 0 Å². The summed E-state index contributed by atoms with van der Waals surface area (Å²) in [5, 5.41) is 2.58. The Labute approximate surface area is 183 Å². The first-order valence-corrected chi connectivity index (χ1v) is 9.68. The van der Waals surface area contributed by atoms with Crippen molar-refractivity contribution in [3.05, 3.63) is 53.5 Å². The fourth-order valence-electron chi connectivity index (χ4n) is 2.87. The van der Waals surface area contributed by atoms with Gasteiger partial charge in [0.2, 0.25) is 5.91 Å². The molecule has 2 aromatic rings. The summed E-state index contributed by atoms with van der Waals surface area (Å²) >= 11 is 0. The second-order valence-electron chi connectivity index (χ2n) is 7.53. The molecule has 0 aliphatic heterocycles. The highest BCUT2D eigenvalue weighted by atomic mass is 19.4. The molecule has 0 bridgehead atoms. The maximum absolute atomic E-state index is 12.6. The molecule has 2 heterocycles.